The Morgan fingerprint density at radius 1 is 1.35 bits per heavy atom. The van der Waals surface area contributed by atoms with Crippen molar-refractivity contribution in [2.24, 2.45) is 12.8 Å². The molecule has 2 aromatic rings. The van der Waals surface area contributed by atoms with Crippen molar-refractivity contribution < 1.29 is 9.47 Å². The van der Waals surface area contributed by atoms with Crippen LogP contribution in [0.15, 0.2) is 36.7 Å². The summed E-state index contributed by atoms with van der Waals surface area (Å²) in [4.78, 5) is 0. The van der Waals surface area contributed by atoms with Gasteiger partial charge in [0.05, 0.1) is 12.8 Å². The molecule has 2 atom stereocenters. The average molecular weight is 275 g/mol. The third-order valence-corrected chi connectivity index (χ3v) is 2.91. The Morgan fingerprint density at radius 2 is 2.10 bits per heavy atom. The number of aromatic nitrogens is 2. The summed E-state index contributed by atoms with van der Waals surface area (Å²) in [5.74, 6) is 1.53. The first-order valence-electron chi connectivity index (χ1n) is 6.73. The molecule has 1 aromatic carbocycles. The van der Waals surface area contributed by atoms with Crippen LogP contribution in [0, 0.1) is 0 Å². The predicted octanol–water partition coefficient (Wildman–Crippen LogP) is 2.29. The van der Waals surface area contributed by atoms with Crippen LogP contribution in [0.2, 0.25) is 0 Å². The van der Waals surface area contributed by atoms with Crippen LogP contribution in [0.1, 0.15) is 25.5 Å². The summed E-state index contributed by atoms with van der Waals surface area (Å²) in [5, 5.41) is 4.16. The summed E-state index contributed by atoms with van der Waals surface area (Å²) in [6, 6.07) is 7.43. The zero-order chi connectivity index (χ0) is 14.5. The van der Waals surface area contributed by atoms with Crippen LogP contribution in [0.3, 0.4) is 0 Å². The molecular formula is C15H21N3O2. The molecule has 108 valence electrons. The van der Waals surface area contributed by atoms with Crippen LogP contribution < -0.4 is 15.2 Å². The maximum atomic E-state index is 6.03. The molecule has 2 N–H and O–H groups in total. The molecule has 0 saturated heterocycles. The van der Waals surface area contributed by atoms with Crippen LogP contribution >= 0.6 is 0 Å². The van der Waals surface area contributed by atoms with Gasteiger partial charge in [0.1, 0.15) is 17.6 Å². The van der Waals surface area contributed by atoms with E-state index in [0.29, 0.717) is 6.61 Å². The van der Waals surface area contributed by atoms with Crippen LogP contribution in [0.5, 0.6) is 11.5 Å². The number of rotatable bonds is 6. The molecule has 2 unspecified atom stereocenters. The van der Waals surface area contributed by atoms with Gasteiger partial charge in [-0.1, -0.05) is 6.07 Å². The first kappa shape index (κ1) is 14.4. The first-order chi connectivity index (χ1) is 9.60. The summed E-state index contributed by atoms with van der Waals surface area (Å²) in [7, 11) is 1.87. The fourth-order valence-corrected chi connectivity index (χ4v) is 2.02. The number of aryl methyl sites for hydroxylation is 1. The highest BCUT2D eigenvalue weighted by atomic mass is 16.5. The minimum absolute atomic E-state index is 0.144. The van der Waals surface area contributed by atoms with E-state index in [1.165, 1.54) is 0 Å². The Hall–Kier alpha value is -2.01. The summed E-state index contributed by atoms with van der Waals surface area (Å²) in [5.41, 5.74) is 6.99. The highest BCUT2D eigenvalue weighted by Gasteiger charge is 2.20. The molecule has 5 nitrogen and oxygen atoms in total. The molecule has 1 aromatic heterocycles. The highest BCUT2D eigenvalue weighted by Crippen LogP contribution is 2.26. The van der Waals surface area contributed by atoms with Gasteiger partial charge in [0.2, 0.25) is 0 Å². The van der Waals surface area contributed by atoms with Crippen molar-refractivity contribution >= 4 is 0 Å². The molecule has 0 spiro atoms. The van der Waals surface area contributed by atoms with Gasteiger partial charge in [-0.05, 0) is 26.0 Å². The quantitative estimate of drug-likeness (QED) is 0.878. The second kappa shape index (κ2) is 6.43. The lowest BCUT2D eigenvalue weighted by Gasteiger charge is -2.21. The lowest BCUT2D eigenvalue weighted by atomic mass is 10.1. The van der Waals surface area contributed by atoms with Gasteiger partial charge in [-0.3, -0.25) is 4.68 Å². The standard InChI is InChI=1S/C15H21N3O2/c1-4-19-13-6-5-7-14(8-13)20-15(11(2)16)12-9-17-18(3)10-12/h5-11,15H,4,16H2,1-3H3. The third-order valence-electron chi connectivity index (χ3n) is 2.91. The van der Waals surface area contributed by atoms with Gasteiger partial charge in [-0.15, -0.1) is 0 Å². The highest BCUT2D eigenvalue weighted by molar-refractivity contribution is 5.33. The number of hydrogen-bond acceptors (Lipinski definition) is 4. The summed E-state index contributed by atoms with van der Waals surface area (Å²) < 4.78 is 13.2. The average Bonchev–Trinajstić information content (AvgIpc) is 2.83. The van der Waals surface area contributed by atoms with Crippen LogP contribution in [-0.4, -0.2) is 22.4 Å². The maximum absolute atomic E-state index is 6.03. The van der Waals surface area contributed by atoms with E-state index < -0.39 is 0 Å². The maximum Gasteiger partial charge on any atom is 0.141 e. The van der Waals surface area contributed by atoms with E-state index >= 15 is 0 Å². The number of benzene rings is 1. The fraction of sp³-hybridized carbons (Fsp3) is 0.400. The van der Waals surface area contributed by atoms with Crippen molar-refractivity contribution in [3.63, 3.8) is 0 Å². The van der Waals surface area contributed by atoms with Gasteiger partial charge in [0.15, 0.2) is 0 Å². The van der Waals surface area contributed by atoms with Crippen LogP contribution in [0.25, 0.3) is 0 Å². The van der Waals surface area contributed by atoms with Gasteiger partial charge in [0, 0.05) is 30.9 Å². The SMILES string of the molecule is CCOc1cccc(OC(c2cnn(C)c2)C(C)N)c1. The Kier molecular flexibility index (Phi) is 4.63. The molecule has 0 aliphatic heterocycles. The molecule has 0 bridgehead atoms. The van der Waals surface area contributed by atoms with Crippen molar-refractivity contribution in [1.82, 2.24) is 9.78 Å². The lowest BCUT2D eigenvalue weighted by molar-refractivity contribution is 0.179. The molecule has 0 radical (unpaired) electrons. The molecule has 0 aliphatic rings. The van der Waals surface area contributed by atoms with Crippen molar-refractivity contribution in [2.75, 3.05) is 6.61 Å². The van der Waals surface area contributed by atoms with E-state index in [1.807, 2.05) is 51.4 Å². The summed E-state index contributed by atoms with van der Waals surface area (Å²) >= 11 is 0. The monoisotopic (exact) mass is 275 g/mol. The van der Waals surface area contributed by atoms with E-state index in [-0.39, 0.29) is 12.1 Å². The minimum atomic E-state index is -0.236. The topological polar surface area (TPSA) is 62.3 Å². The van der Waals surface area contributed by atoms with Gasteiger partial charge in [0.25, 0.3) is 0 Å². The van der Waals surface area contributed by atoms with Gasteiger partial charge < -0.3 is 15.2 Å². The molecule has 20 heavy (non-hydrogen) atoms. The number of nitrogens with two attached hydrogens (primary N) is 1. The fourth-order valence-electron chi connectivity index (χ4n) is 2.02. The molecule has 0 amide bonds. The molecule has 0 saturated carbocycles. The van der Waals surface area contributed by atoms with E-state index in [2.05, 4.69) is 5.10 Å². The molecule has 0 fully saturated rings. The van der Waals surface area contributed by atoms with Gasteiger partial charge in [-0.25, -0.2) is 0 Å². The van der Waals surface area contributed by atoms with E-state index in [0.717, 1.165) is 17.1 Å². The lowest BCUT2D eigenvalue weighted by Crippen LogP contribution is -2.28. The third kappa shape index (κ3) is 3.51. The summed E-state index contributed by atoms with van der Waals surface area (Å²) in [6.45, 7) is 4.50. The number of ether oxygens (including phenoxy) is 2. The van der Waals surface area contributed by atoms with Crippen LogP contribution in [-0.2, 0) is 7.05 Å². The zero-order valence-electron chi connectivity index (χ0n) is 12.1. The molecule has 0 aliphatic carbocycles. The van der Waals surface area contributed by atoms with Crippen LogP contribution in [0.4, 0.5) is 0 Å². The zero-order valence-corrected chi connectivity index (χ0v) is 12.1. The largest absolute Gasteiger partial charge is 0.494 e. The minimum Gasteiger partial charge on any atom is -0.494 e. The van der Waals surface area contributed by atoms with Crippen molar-refractivity contribution in [3.8, 4) is 11.5 Å². The first-order valence-corrected chi connectivity index (χ1v) is 6.73. The van der Waals surface area contributed by atoms with Gasteiger partial charge >= 0.3 is 0 Å². The number of hydrogen-bond donors (Lipinski definition) is 1. The molecular weight excluding hydrogens is 254 g/mol. The Bertz CT molecular complexity index is 552. The predicted molar refractivity (Wildman–Crippen MR) is 77.8 cm³/mol. The number of nitrogens with zero attached hydrogens (tertiary/aromatic N) is 2. The summed E-state index contributed by atoms with van der Waals surface area (Å²) in [6.07, 6.45) is 3.46. The van der Waals surface area contributed by atoms with E-state index in [4.69, 9.17) is 15.2 Å². The van der Waals surface area contributed by atoms with Gasteiger partial charge in [-0.2, -0.15) is 5.10 Å². The van der Waals surface area contributed by atoms with Crippen molar-refractivity contribution in [3.05, 3.63) is 42.2 Å². The Morgan fingerprint density at radius 3 is 2.70 bits per heavy atom. The van der Waals surface area contributed by atoms with Crippen molar-refractivity contribution in [1.29, 1.82) is 0 Å². The molecule has 5 heteroatoms. The second-order valence-electron chi connectivity index (χ2n) is 4.75. The van der Waals surface area contributed by atoms with E-state index in [9.17, 15) is 0 Å². The smallest absolute Gasteiger partial charge is 0.141 e. The second-order valence-corrected chi connectivity index (χ2v) is 4.75. The van der Waals surface area contributed by atoms with E-state index in [1.54, 1.807) is 10.9 Å². The molecule has 1 heterocycles. The normalized spacial score (nSPS) is 13.8. The molecule has 2 rings (SSSR count). The Balaban J connectivity index is 2.18. The Labute approximate surface area is 119 Å². The van der Waals surface area contributed by atoms with Crippen molar-refractivity contribution in [2.45, 2.75) is 26.0 Å².